The molecule has 0 saturated carbocycles. The number of hydrogen-bond donors (Lipinski definition) is 1. The maximum atomic E-state index is 13.1. The van der Waals surface area contributed by atoms with Crippen LogP contribution in [0.1, 0.15) is 25.5 Å². The van der Waals surface area contributed by atoms with Crippen molar-refractivity contribution in [2.24, 2.45) is 0 Å². The van der Waals surface area contributed by atoms with Gasteiger partial charge in [0.15, 0.2) is 0 Å². The van der Waals surface area contributed by atoms with E-state index in [4.69, 9.17) is 0 Å². The van der Waals surface area contributed by atoms with Crippen LogP contribution >= 0.6 is 27.7 Å². The highest BCUT2D eigenvalue weighted by Gasteiger charge is 2.08. The van der Waals surface area contributed by atoms with Gasteiger partial charge in [-0.1, -0.05) is 13.0 Å². The second-order valence-electron chi connectivity index (χ2n) is 3.85. The van der Waals surface area contributed by atoms with Gasteiger partial charge in [-0.3, -0.25) is 0 Å². The van der Waals surface area contributed by atoms with E-state index in [1.807, 2.05) is 23.9 Å². The summed E-state index contributed by atoms with van der Waals surface area (Å²) in [6, 6.07) is 5.39. The summed E-state index contributed by atoms with van der Waals surface area (Å²) in [5, 5.41) is 4.02. The normalized spacial score (nSPS) is 14.8. The highest BCUT2D eigenvalue weighted by atomic mass is 79.9. The van der Waals surface area contributed by atoms with Gasteiger partial charge in [0.05, 0.1) is 4.47 Å². The Morgan fingerprint density at radius 3 is 2.69 bits per heavy atom. The van der Waals surface area contributed by atoms with Gasteiger partial charge in [-0.25, -0.2) is 4.39 Å². The molecule has 0 aromatic heterocycles. The molecule has 0 heterocycles. The smallest absolute Gasteiger partial charge is 0.137 e. The molecule has 90 valence electrons. The van der Waals surface area contributed by atoms with Crippen molar-refractivity contribution in [3.63, 3.8) is 0 Å². The molecule has 0 amide bonds. The number of halogens is 2. The van der Waals surface area contributed by atoms with Crippen molar-refractivity contribution in [3.8, 4) is 0 Å². The van der Waals surface area contributed by atoms with E-state index in [-0.39, 0.29) is 11.9 Å². The van der Waals surface area contributed by atoms with E-state index in [2.05, 4.69) is 41.3 Å². The Bertz CT molecular complexity index is 346. The van der Waals surface area contributed by atoms with Crippen LogP contribution in [0.4, 0.5) is 4.39 Å². The minimum Gasteiger partial charge on any atom is -0.309 e. The van der Waals surface area contributed by atoms with E-state index in [1.165, 1.54) is 6.07 Å². The summed E-state index contributed by atoms with van der Waals surface area (Å²) in [5.74, 6) is -0.214. The molecule has 16 heavy (non-hydrogen) atoms. The standard InChI is InChI=1S/C12H17BrFNS/c1-8(16-3)7-15-9(2)10-4-5-12(14)11(13)6-10/h4-6,8-9,15H,7H2,1-3H3/t8-,9+/m1/s1. The van der Waals surface area contributed by atoms with Crippen LogP contribution < -0.4 is 5.32 Å². The fourth-order valence-electron chi connectivity index (χ4n) is 1.33. The van der Waals surface area contributed by atoms with Crippen LogP contribution in [0.15, 0.2) is 22.7 Å². The zero-order chi connectivity index (χ0) is 12.1. The maximum absolute atomic E-state index is 13.1. The summed E-state index contributed by atoms with van der Waals surface area (Å²) >= 11 is 5.04. The monoisotopic (exact) mass is 305 g/mol. The van der Waals surface area contributed by atoms with Crippen LogP contribution in [0.5, 0.6) is 0 Å². The first-order valence-electron chi connectivity index (χ1n) is 5.25. The van der Waals surface area contributed by atoms with Crippen molar-refractivity contribution in [2.45, 2.75) is 25.1 Å². The van der Waals surface area contributed by atoms with E-state index in [9.17, 15) is 4.39 Å². The highest BCUT2D eigenvalue weighted by Crippen LogP contribution is 2.21. The Kier molecular flexibility index (Phi) is 5.79. The van der Waals surface area contributed by atoms with E-state index in [0.29, 0.717) is 9.72 Å². The quantitative estimate of drug-likeness (QED) is 0.883. The number of nitrogens with one attached hydrogen (secondary N) is 1. The molecule has 1 N–H and O–H groups in total. The van der Waals surface area contributed by atoms with Gasteiger partial charge in [0.1, 0.15) is 5.82 Å². The van der Waals surface area contributed by atoms with Crippen LogP contribution in [0.25, 0.3) is 0 Å². The van der Waals surface area contributed by atoms with Crippen molar-refractivity contribution in [1.82, 2.24) is 5.32 Å². The molecule has 0 aliphatic carbocycles. The van der Waals surface area contributed by atoms with E-state index in [1.54, 1.807) is 0 Å². The van der Waals surface area contributed by atoms with Crippen molar-refractivity contribution >= 4 is 27.7 Å². The van der Waals surface area contributed by atoms with Crippen molar-refractivity contribution in [2.75, 3.05) is 12.8 Å². The van der Waals surface area contributed by atoms with Crippen molar-refractivity contribution in [1.29, 1.82) is 0 Å². The lowest BCUT2D eigenvalue weighted by molar-refractivity contribution is 0.571. The summed E-state index contributed by atoms with van der Waals surface area (Å²) in [4.78, 5) is 0. The molecule has 0 bridgehead atoms. The fourth-order valence-corrected chi connectivity index (χ4v) is 1.99. The number of thioether (sulfide) groups is 1. The molecule has 0 saturated heterocycles. The molecule has 0 fully saturated rings. The molecule has 1 nitrogen and oxygen atoms in total. The lowest BCUT2D eigenvalue weighted by Gasteiger charge is -2.17. The summed E-state index contributed by atoms with van der Waals surface area (Å²) in [7, 11) is 0. The van der Waals surface area contributed by atoms with Gasteiger partial charge in [0, 0.05) is 17.8 Å². The number of benzene rings is 1. The van der Waals surface area contributed by atoms with Gasteiger partial charge in [0.25, 0.3) is 0 Å². The molecule has 0 radical (unpaired) electrons. The molecule has 2 atom stereocenters. The Hall–Kier alpha value is -0.0600. The number of hydrogen-bond acceptors (Lipinski definition) is 2. The summed E-state index contributed by atoms with van der Waals surface area (Å²) < 4.78 is 13.6. The molecule has 0 spiro atoms. The van der Waals surface area contributed by atoms with Gasteiger partial charge >= 0.3 is 0 Å². The van der Waals surface area contributed by atoms with E-state index < -0.39 is 0 Å². The van der Waals surface area contributed by atoms with Crippen molar-refractivity contribution < 1.29 is 4.39 Å². The first kappa shape index (κ1) is 14.0. The number of rotatable bonds is 5. The van der Waals surface area contributed by atoms with E-state index >= 15 is 0 Å². The molecule has 4 heteroatoms. The van der Waals surface area contributed by atoms with Gasteiger partial charge in [-0.05, 0) is 46.8 Å². The topological polar surface area (TPSA) is 12.0 Å². The Morgan fingerprint density at radius 1 is 1.44 bits per heavy atom. The summed E-state index contributed by atoms with van der Waals surface area (Å²) in [5.41, 5.74) is 1.10. The summed E-state index contributed by atoms with van der Waals surface area (Å²) in [6.45, 7) is 5.23. The van der Waals surface area contributed by atoms with Crippen molar-refractivity contribution in [3.05, 3.63) is 34.1 Å². The minimum absolute atomic E-state index is 0.214. The van der Waals surface area contributed by atoms with Gasteiger partial charge < -0.3 is 5.32 Å². The zero-order valence-corrected chi connectivity index (χ0v) is 12.2. The van der Waals surface area contributed by atoms with Gasteiger partial charge in [-0.2, -0.15) is 11.8 Å². The molecule has 0 unspecified atom stereocenters. The molecular weight excluding hydrogens is 289 g/mol. The second-order valence-corrected chi connectivity index (χ2v) is 5.98. The lowest BCUT2D eigenvalue weighted by atomic mass is 10.1. The molecule has 1 aromatic carbocycles. The fraction of sp³-hybridized carbons (Fsp3) is 0.500. The largest absolute Gasteiger partial charge is 0.309 e. The SMILES string of the molecule is CS[C@H](C)CN[C@@H](C)c1ccc(F)c(Br)c1. The third kappa shape index (κ3) is 4.07. The molecule has 1 aromatic rings. The third-order valence-corrected chi connectivity index (χ3v) is 4.14. The molecule has 0 aliphatic heterocycles. The molecule has 0 aliphatic rings. The average Bonchev–Trinajstić information content (AvgIpc) is 2.29. The molecule has 1 rings (SSSR count). The Labute approximate surface area is 109 Å². The minimum atomic E-state index is -0.214. The predicted molar refractivity (Wildman–Crippen MR) is 73.5 cm³/mol. The average molecular weight is 306 g/mol. The van der Waals surface area contributed by atoms with Gasteiger partial charge in [0.2, 0.25) is 0 Å². The lowest BCUT2D eigenvalue weighted by Crippen LogP contribution is -2.25. The first-order valence-corrected chi connectivity index (χ1v) is 7.33. The zero-order valence-electron chi connectivity index (χ0n) is 9.76. The second kappa shape index (κ2) is 6.62. The highest BCUT2D eigenvalue weighted by molar-refractivity contribution is 9.10. The first-order chi connectivity index (χ1) is 7.54. The molecular formula is C12H17BrFNS. The van der Waals surface area contributed by atoms with E-state index in [0.717, 1.165) is 12.1 Å². The van der Waals surface area contributed by atoms with Crippen LogP contribution in [-0.2, 0) is 0 Å². The predicted octanol–water partition coefficient (Wildman–Crippen LogP) is 3.99. The third-order valence-electron chi connectivity index (χ3n) is 2.56. The maximum Gasteiger partial charge on any atom is 0.137 e. The Balaban J connectivity index is 2.59. The van der Waals surface area contributed by atoms with Crippen LogP contribution in [0.2, 0.25) is 0 Å². The van der Waals surface area contributed by atoms with Gasteiger partial charge in [-0.15, -0.1) is 0 Å². The van der Waals surface area contributed by atoms with Crippen LogP contribution in [-0.4, -0.2) is 18.1 Å². The van der Waals surface area contributed by atoms with Crippen LogP contribution in [0.3, 0.4) is 0 Å². The van der Waals surface area contributed by atoms with Crippen LogP contribution in [0, 0.1) is 5.82 Å². The summed E-state index contributed by atoms with van der Waals surface area (Å²) in [6.07, 6.45) is 2.10. The Morgan fingerprint density at radius 2 is 2.12 bits per heavy atom.